The monoisotopic (exact) mass is 494 g/mol. The van der Waals surface area contributed by atoms with Crippen LogP contribution in [0.2, 0.25) is 0 Å². The van der Waals surface area contributed by atoms with Crippen LogP contribution in [0.15, 0.2) is 48.5 Å². The minimum atomic E-state index is 0.151. The van der Waals surface area contributed by atoms with Crippen LogP contribution in [-0.4, -0.2) is 0 Å². The molecule has 0 spiro atoms. The lowest BCUT2D eigenvalue weighted by molar-refractivity contribution is 1.37. The zero-order valence-electron chi connectivity index (χ0n) is 9.29. The summed E-state index contributed by atoms with van der Waals surface area (Å²) in [6.45, 7) is 0. The van der Waals surface area contributed by atoms with Crippen molar-refractivity contribution in [2.24, 2.45) is 0 Å². The molecular formula is C14H10Br4. The summed E-state index contributed by atoms with van der Waals surface area (Å²) in [6, 6.07) is 16.8. The summed E-state index contributed by atoms with van der Waals surface area (Å²) >= 11 is 14.3. The van der Waals surface area contributed by atoms with Crippen LogP contribution in [0.1, 0.15) is 18.6 Å². The van der Waals surface area contributed by atoms with Crippen LogP contribution >= 0.6 is 63.7 Å². The molecule has 0 amide bonds. The van der Waals surface area contributed by atoms with Gasteiger partial charge in [0.1, 0.15) is 0 Å². The minimum Gasteiger partial charge on any atom is -0.0712 e. The summed E-state index contributed by atoms with van der Waals surface area (Å²) < 4.78 is 0.303. The third-order valence-electron chi connectivity index (χ3n) is 2.68. The van der Waals surface area contributed by atoms with Gasteiger partial charge in [0, 0.05) is 0 Å². The van der Waals surface area contributed by atoms with Crippen molar-refractivity contribution in [2.45, 2.75) is 7.47 Å². The number of hydrogen-bond donors (Lipinski definition) is 0. The van der Waals surface area contributed by atoms with Crippen LogP contribution in [0.5, 0.6) is 0 Å². The maximum Gasteiger partial charge on any atom is 0.0952 e. The number of halogens is 4. The van der Waals surface area contributed by atoms with Crippen molar-refractivity contribution in [2.75, 3.05) is 0 Å². The highest BCUT2D eigenvalue weighted by Crippen LogP contribution is 2.41. The molecule has 4 heteroatoms. The zero-order valence-corrected chi connectivity index (χ0v) is 15.6. The Morgan fingerprint density at radius 1 is 0.556 bits per heavy atom. The Morgan fingerprint density at radius 2 is 0.889 bits per heavy atom. The lowest BCUT2D eigenvalue weighted by atomic mass is 9.97. The Balaban J connectivity index is 2.62. The van der Waals surface area contributed by atoms with Gasteiger partial charge < -0.3 is 0 Å². The van der Waals surface area contributed by atoms with Gasteiger partial charge in [-0.15, -0.1) is 0 Å². The van der Waals surface area contributed by atoms with Crippen molar-refractivity contribution in [3.63, 3.8) is 0 Å². The fourth-order valence-electron chi connectivity index (χ4n) is 1.87. The molecule has 0 radical (unpaired) electrons. The van der Waals surface area contributed by atoms with Gasteiger partial charge in [-0.3, -0.25) is 0 Å². The third kappa shape index (κ3) is 3.27. The maximum atomic E-state index is 3.59. The zero-order chi connectivity index (χ0) is 13.1. The molecule has 0 heterocycles. The lowest BCUT2D eigenvalue weighted by Gasteiger charge is -2.15. The Kier molecular flexibility index (Phi) is 5.48. The van der Waals surface area contributed by atoms with Crippen molar-refractivity contribution in [3.8, 4) is 11.1 Å². The van der Waals surface area contributed by atoms with E-state index in [9.17, 15) is 0 Å². The Hall–Kier alpha value is 0.360. The summed E-state index contributed by atoms with van der Waals surface area (Å²) in [4.78, 5) is 0. The van der Waals surface area contributed by atoms with Gasteiger partial charge in [0.2, 0.25) is 0 Å². The van der Waals surface area contributed by atoms with Crippen molar-refractivity contribution in [1.82, 2.24) is 0 Å². The third-order valence-corrected chi connectivity index (χ3v) is 4.65. The normalized spacial score (nSPS) is 11.2. The van der Waals surface area contributed by atoms with Crippen molar-refractivity contribution >= 4 is 63.7 Å². The molecule has 0 aromatic heterocycles. The molecule has 2 aromatic rings. The molecular weight excluding hydrogens is 488 g/mol. The van der Waals surface area contributed by atoms with E-state index in [-0.39, 0.29) is 7.47 Å². The quantitative estimate of drug-likeness (QED) is 0.403. The summed E-state index contributed by atoms with van der Waals surface area (Å²) in [5.41, 5.74) is 4.92. The van der Waals surface area contributed by atoms with Gasteiger partial charge in [-0.25, -0.2) is 0 Å². The molecule has 2 rings (SSSR count). The van der Waals surface area contributed by atoms with Crippen LogP contribution < -0.4 is 0 Å². The van der Waals surface area contributed by atoms with E-state index < -0.39 is 0 Å². The molecule has 0 N–H and O–H groups in total. The molecule has 0 saturated heterocycles. The van der Waals surface area contributed by atoms with E-state index >= 15 is 0 Å². The van der Waals surface area contributed by atoms with Gasteiger partial charge >= 0.3 is 0 Å². The van der Waals surface area contributed by atoms with Crippen LogP contribution in [0.4, 0.5) is 0 Å². The number of rotatable bonds is 3. The SMILES string of the molecule is BrC(Br)c1ccccc1-c1ccccc1C(Br)Br. The molecule has 2 aromatic carbocycles. The molecule has 0 aliphatic rings. The summed E-state index contributed by atoms with van der Waals surface area (Å²) in [7, 11) is 0. The molecule has 94 valence electrons. The van der Waals surface area contributed by atoms with Crippen LogP contribution in [0, 0.1) is 0 Å². The van der Waals surface area contributed by atoms with Gasteiger partial charge in [0.25, 0.3) is 0 Å². The number of hydrogen-bond acceptors (Lipinski definition) is 0. The molecule has 0 aliphatic carbocycles. The Labute approximate surface area is 141 Å². The highest BCUT2D eigenvalue weighted by atomic mass is 79.9. The fraction of sp³-hybridized carbons (Fsp3) is 0.143. The first kappa shape index (κ1) is 14.8. The van der Waals surface area contributed by atoms with E-state index in [4.69, 9.17) is 0 Å². The van der Waals surface area contributed by atoms with Crippen LogP contribution in [-0.2, 0) is 0 Å². The lowest BCUT2D eigenvalue weighted by Crippen LogP contribution is -1.92. The molecule has 0 saturated carbocycles. The largest absolute Gasteiger partial charge is 0.0952 e. The summed E-state index contributed by atoms with van der Waals surface area (Å²) in [5.74, 6) is 0. The van der Waals surface area contributed by atoms with Gasteiger partial charge in [-0.2, -0.15) is 0 Å². The van der Waals surface area contributed by atoms with Crippen LogP contribution in [0.3, 0.4) is 0 Å². The molecule has 0 atom stereocenters. The maximum absolute atomic E-state index is 3.59. The Bertz CT molecular complexity index is 485. The molecule has 18 heavy (non-hydrogen) atoms. The predicted octanol–water partition coefficient (Wildman–Crippen LogP) is 6.93. The second-order valence-corrected chi connectivity index (χ2v) is 9.90. The Morgan fingerprint density at radius 3 is 1.22 bits per heavy atom. The standard InChI is InChI=1S/C14H10Br4/c15-13(16)11-7-3-1-5-9(11)10-6-2-4-8-12(10)14(17)18/h1-8,13-14H. The highest BCUT2D eigenvalue weighted by molar-refractivity contribution is 9.24. The van der Waals surface area contributed by atoms with Gasteiger partial charge in [0.05, 0.1) is 7.47 Å². The first-order valence-electron chi connectivity index (χ1n) is 5.35. The first-order valence-corrected chi connectivity index (χ1v) is 9.02. The highest BCUT2D eigenvalue weighted by Gasteiger charge is 2.15. The smallest absolute Gasteiger partial charge is 0.0712 e. The average Bonchev–Trinajstić information content (AvgIpc) is 2.38. The van der Waals surface area contributed by atoms with Gasteiger partial charge in [0.15, 0.2) is 0 Å². The first-order chi connectivity index (χ1) is 8.61. The molecule has 0 nitrogen and oxygen atoms in total. The van der Waals surface area contributed by atoms with E-state index in [1.54, 1.807) is 0 Å². The summed E-state index contributed by atoms with van der Waals surface area (Å²) in [5, 5.41) is 0. The molecule has 0 aliphatic heterocycles. The number of benzene rings is 2. The number of alkyl halides is 4. The fourth-order valence-corrected chi connectivity index (χ4v) is 3.46. The molecule has 0 bridgehead atoms. The van der Waals surface area contributed by atoms with E-state index in [1.807, 2.05) is 0 Å². The summed E-state index contributed by atoms with van der Waals surface area (Å²) in [6.07, 6.45) is 0. The van der Waals surface area contributed by atoms with Crippen molar-refractivity contribution in [1.29, 1.82) is 0 Å². The second kappa shape index (κ2) is 6.69. The molecule has 0 unspecified atom stereocenters. The van der Waals surface area contributed by atoms with Gasteiger partial charge in [-0.1, -0.05) is 112 Å². The molecule has 0 fully saturated rings. The van der Waals surface area contributed by atoms with E-state index in [0.29, 0.717) is 0 Å². The van der Waals surface area contributed by atoms with E-state index in [2.05, 4.69) is 112 Å². The van der Waals surface area contributed by atoms with Crippen LogP contribution in [0.25, 0.3) is 11.1 Å². The van der Waals surface area contributed by atoms with Gasteiger partial charge in [-0.05, 0) is 22.3 Å². The van der Waals surface area contributed by atoms with E-state index in [0.717, 1.165) is 0 Å². The minimum absolute atomic E-state index is 0.151. The second-order valence-electron chi connectivity index (χ2n) is 3.78. The topological polar surface area (TPSA) is 0 Å². The predicted molar refractivity (Wildman–Crippen MR) is 93.1 cm³/mol. The van der Waals surface area contributed by atoms with Crippen molar-refractivity contribution < 1.29 is 0 Å². The van der Waals surface area contributed by atoms with E-state index in [1.165, 1.54) is 22.3 Å². The van der Waals surface area contributed by atoms with Crippen molar-refractivity contribution in [3.05, 3.63) is 59.7 Å². The average molecular weight is 498 g/mol.